The minimum absolute atomic E-state index is 0.0509. The zero-order valence-corrected chi connectivity index (χ0v) is 20.0. The lowest BCUT2D eigenvalue weighted by molar-refractivity contribution is -0.156. The van der Waals surface area contributed by atoms with Crippen LogP contribution in [0.3, 0.4) is 0 Å². The third-order valence-corrected chi connectivity index (χ3v) is 7.03. The molecule has 3 heterocycles. The van der Waals surface area contributed by atoms with Crippen LogP contribution in [0, 0.1) is 10.8 Å². The molecule has 0 saturated heterocycles. The number of fused-ring (bicyclic) bond motifs is 1. The predicted octanol–water partition coefficient (Wildman–Crippen LogP) is 4.94. The summed E-state index contributed by atoms with van der Waals surface area (Å²) < 4.78 is 9.23. The molecule has 8 nitrogen and oxygen atoms in total. The molecule has 0 aromatic carbocycles. The number of carbonyl (C=O) groups is 2. The average Bonchev–Trinajstić information content (AvgIpc) is 3.55. The van der Waals surface area contributed by atoms with Crippen molar-refractivity contribution in [1.82, 2.24) is 24.3 Å². The Hall–Kier alpha value is -3.03. The molecule has 0 N–H and O–H groups in total. The van der Waals surface area contributed by atoms with E-state index in [2.05, 4.69) is 22.0 Å². The van der Waals surface area contributed by atoms with Crippen LogP contribution in [0.5, 0.6) is 0 Å². The molecule has 0 bridgehead atoms. The zero-order chi connectivity index (χ0) is 23.6. The fourth-order valence-electron chi connectivity index (χ4n) is 5.04. The van der Waals surface area contributed by atoms with Gasteiger partial charge >= 0.3 is 5.97 Å². The predicted molar refractivity (Wildman–Crippen MR) is 125 cm³/mol. The largest absolute Gasteiger partial charge is 0.443 e. The number of aromatic nitrogens is 5. The van der Waals surface area contributed by atoms with Gasteiger partial charge in [0.2, 0.25) is 0 Å². The van der Waals surface area contributed by atoms with Gasteiger partial charge in [0.25, 0.3) is 0 Å². The molecule has 1 aliphatic rings. The van der Waals surface area contributed by atoms with Crippen molar-refractivity contribution in [2.45, 2.75) is 79.0 Å². The first-order valence-corrected chi connectivity index (χ1v) is 11.7. The maximum absolute atomic E-state index is 12.2. The second-order valence-electron chi connectivity index (χ2n) is 10.1. The third kappa shape index (κ3) is 4.43. The number of hydrogen-bond donors (Lipinski definition) is 0. The Labute approximate surface area is 194 Å². The van der Waals surface area contributed by atoms with Crippen molar-refractivity contribution in [2.24, 2.45) is 10.8 Å². The minimum Gasteiger partial charge on any atom is -0.443 e. The summed E-state index contributed by atoms with van der Waals surface area (Å²) in [4.78, 5) is 32.6. The Morgan fingerprint density at radius 2 is 2.03 bits per heavy atom. The first kappa shape index (κ1) is 23.1. The highest BCUT2D eigenvalue weighted by Crippen LogP contribution is 2.50. The van der Waals surface area contributed by atoms with Gasteiger partial charge in [-0.2, -0.15) is 5.10 Å². The second-order valence-corrected chi connectivity index (χ2v) is 10.1. The molecule has 33 heavy (non-hydrogen) atoms. The molecule has 8 heteroatoms. The number of esters is 1. The summed E-state index contributed by atoms with van der Waals surface area (Å²) in [6, 6.07) is 1.98. The molecule has 1 fully saturated rings. The Morgan fingerprint density at radius 1 is 1.27 bits per heavy atom. The van der Waals surface area contributed by atoms with Gasteiger partial charge in [-0.25, -0.2) is 9.97 Å². The normalized spacial score (nSPS) is 16.7. The van der Waals surface area contributed by atoms with Crippen LogP contribution in [-0.4, -0.2) is 36.6 Å². The van der Waals surface area contributed by atoms with E-state index < -0.39 is 5.41 Å². The monoisotopic (exact) mass is 451 g/mol. The molecule has 4 rings (SSSR count). The lowest BCUT2D eigenvalue weighted by Gasteiger charge is -2.36. The lowest BCUT2D eigenvalue weighted by atomic mass is 9.75. The van der Waals surface area contributed by atoms with Crippen molar-refractivity contribution in [1.29, 1.82) is 0 Å². The zero-order valence-electron chi connectivity index (χ0n) is 20.0. The van der Waals surface area contributed by atoms with E-state index >= 15 is 0 Å². The molecule has 0 aliphatic heterocycles. The van der Waals surface area contributed by atoms with Gasteiger partial charge in [0.15, 0.2) is 6.73 Å². The van der Waals surface area contributed by atoms with E-state index in [0.29, 0.717) is 12.1 Å². The molecule has 1 aliphatic carbocycles. The number of aldehydes is 1. The van der Waals surface area contributed by atoms with Crippen molar-refractivity contribution in [2.75, 3.05) is 0 Å². The lowest BCUT2D eigenvalue weighted by Crippen LogP contribution is -2.30. The Kier molecular flexibility index (Phi) is 6.36. The average molecular weight is 452 g/mol. The van der Waals surface area contributed by atoms with Crippen LogP contribution >= 0.6 is 0 Å². The fraction of sp³-hybridized carbons (Fsp3) is 0.560. The molecule has 1 unspecified atom stereocenters. The van der Waals surface area contributed by atoms with Gasteiger partial charge < -0.3 is 9.53 Å². The number of nitrogens with zero attached hydrogens (tertiary/aromatic N) is 5. The first-order valence-electron chi connectivity index (χ1n) is 11.7. The van der Waals surface area contributed by atoms with Gasteiger partial charge in [0.1, 0.15) is 18.3 Å². The Morgan fingerprint density at radius 3 is 2.70 bits per heavy atom. The number of ether oxygens (including phenoxy) is 1. The topological polar surface area (TPSA) is 91.9 Å². The minimum atomic E-state index is -0.565. The van der Waals surface area contributed by atoms with Gasteiger partial charge in [-0.15, -0.1) is 0 Å². The van der Waals surface area contributed by atoms with Crippen molar-refractivity contribution < 1.29 is 14.3 Å². The highest BCUT2D eigenvalue weighted by atomic mass is 16.5. The number of carbonyl (C=O) groups excluding carboxylic acids is 2. The van der Waals surface area contributed by atoms with E-state index in [4.69, 9.17) is 4.74 Å². The summed E-state index contributed by atoms with van der Waals surface area (Å²) >= 11 is 0. The van der Waals surface area contributed by atoms with Crippen molar-refractivity contribution in [3.05, 3.63) is 31.0 Å². The van der Waals surface area contributed by atoms with Crippen LogP contribution in [0.4, 0.5) is 0 Å². The summed E-state index contributed by atoms with van der Waals surface area (Å²) in [5.41, 5.74) is 1.90. The van der Waals surface area contributed by atoms with E-state index in [1.165, 1.54) is 19.2 Å². The van der Waals surface area contributed by atoms with E-state index in [-0.39, 0.29) is 24.2 Å². The highest BCUT2D eigenvalue weighted by Gasteiger charge is 2.41. The molecular formula is C25H33N5O3. The Bertz CT molecular complexity index is 1130. The summed E-state index contributed by atoms with van der Waals surface area (Å²) in [5.74, 6) is -0.266. The number of hydrogen-bond acceptors (Lipinski definition) is 6. The SMILES string of the molecule is CCC1(C(CC=O)n2cc(-c3ncnc4c3ccn4COC(=O)C(C)(C)C)cn2)CCCC1. The fourth-order valence-corrected chi connectivity index (χ4v) is 5.04. The summed E-state index contributed by atoms with van der Waals surface area (Å²) in [6.07, 6.45) is 14.4. The van der Waals surface area contributed by atoms with Gasteiger partial charge in [-0.1, -0.05) is 19.8 Å². The standard InChI is InChI=1S/C25H33N5O3/c1-5-25(10-6-7-11-25)20(9-13-31)30-15-18(14-28-30)21-19-8-12-29(22(19)27-16-26-21)17-33-23(32)24(2,3)4/h8,12-16,20H,5-7,9-11,17H2,1-4H3. The van der Waals surface area contributed by atoms with E-state index in [9.17, 15) is 9.59 Å². The van der Waals surface area contributed by atoms with Crippen LogP contribution in [0.15, 0.2) is 31.0 Å². The van der Waals surface area contributed by atoms with Gasteiger partial charge in [0.05, 0.1) is 23.3 Å². The van der Waals surface area contributed by atoms with Gasteiger partial charge in [0, 0.05) is 29.8 Å². The summed E-state index contributed by atoms with van der Waals surface area (Å²) in [5, 5.41) is 5.53. The molecule has 3 aromatic heterocycles. The van der Waals surface area contributed by atoms with Crippen LogP contribution in [0.1, 0.15) is 72.3 Å². The van der Waals surface area contributed by atoms with Crippen molar-refractivity contribution in [3.8, 4) is 11.3 Å². The maximum Gasteiger partial charge on any atom is 0.312 e. The van der Waals surface area contributed by atoms with Crippen LogP contribution < -0.4 is 0 Å². The molecule has 0 spiro atoms. The quantitative estimate of drug-likeness (QED) is 0.356. The molecule has 1 saturated carbocycles. The van der Waals surface area contributed by atoms with Gasteiger partial charge in [-0.3, -0.25) is 14.0 Å². The third-order valence-electron chi connectivity index (χ3n) is 7.03. The van der Waals surface area contributed by atoms with E-state index in [0.717, 1.165) is 42.2 Å². The van der Waals surface area contributed by atoms with Crippen LogP contribution in [0.2, 0.25) is 0 Å². The molecule has 3 aromatic rings. The summed E-state index contributed by atoms with van der Waals surface area (Å²) in [6.45, 7) is 7.79. The number of rotatable bonds is 8. The van der Waals surface area contributed by atoms with E-state index in [1.807, 2.05) is 50.1 Å². The van der Waals surface area contributed by atoms with Crippen LogP contribution in [-0.2, 0) is 21.1 Å². The molecule has 0 radical (unpaired) electrons. The highest BCUT2D eigenvalue weighted by molar-refractivity contribution is 5.90. The molecule has 176 valence electrons. The smallest absolute Gasteiger partial charge is 0.312 e. The maximum atomic E-state index is 12.2. The van der Waals surface area contributed by atoms with Gasteiger partial charge in [-0.05, 0) is 51.5 Å². The second kappa shape index (κ2) is 9.08. The Balaban J connectivity index is 1.63. The summed E-state index contributed by atoms with van der Waals surface area (Å²) in [7, 11) is 0. The first-order chi connectivity index (χ1) is 15.8. The van der Waals surface area contributed by atoms with Crippen molar-refractivity contribution >= 4 is 23.3 Å². The van der Waals surface area contributed by atoms with Crippen LogP contribution in [0.25, 0.3) is 22.3 Å². The van der Waals surface area contributed by atoms with E-state index in [1.54, 1.807) is 4.57 Å². The molecular weight excluding hydrogens is 418 g/mol. The van der Waals surface area contributed by atoms with Crippen molar-refractivity contribution in [3.63, 3.8) is 0 Å². The molecule has 1 atom stereocenters. The molecule has 0 amide bonds.